The number of aliphatic imine (C=N–C) groups is 1. The minimum atomic E-state index is 0.410. The molecule has 0 bridgehead atoms. The lowest BCUT2D eigenvalue weighted by Gasteiger charge is -2.32. The topological polar surface area (TPSA) is 24.4 Å². The molecule has 1 saturated carbocycles. The number of nitrogens with one attached hydrogen (secondary N) is 1. The van der Waals surface area contributed by atoms with Gasteiger partial charge in [0.2, 0.25) is 0 Å². The van der Waals surface area contributed by atoms with E-state index in [1.54, 1.807) is 0 Å². The van der Waals surface area contributed by atoms with E-state index in [1.807, 2.05) is 11.8 Å². The second kappa shape index (κ2) is 5.44. The highest BCUT2D eigenvalue weighted by molar-refractivity contribution is 8.14. The van der Waals surface area contributed by atoms with Gasteiger partial charge in [-0.05, 0) is 25.7 Å². The van der Waals surface area contributed by atoms with Gasteiger partial charge in [0.25, 0.3) is 0 Å². The van der Waals surface area contributed by atoms with Crippen LogP contribution in [-0.2, 0) is 0 Å². The quantitative estimate of drug-likeness (QED) is 0.815. The van der Waals surface area contributed by atoms with Crippen molar-refractivity contribution in [3.05, 3.63) is 0 Å². The molecule has 1 saturated heterocycles. The second-order valence-electron chi connectivity index (χ2n) is 5.16. The Hall–Kier alpha value is -0.180. The molecule has 0 aromatic carbocycles. The van der Waals surface area contributed by atoms with E-state index in [9.17, 15) is 0 Å². The Morgan fingerprint density at radius 2 is 1.94 bits per heavy atom. The highest BCUT2D eigenvalue weighted by Crippen LogP contribution is 2.36. The van der Waals surface area contributed by atoms with Gasteiger partial charge in [0.15, 0.2) is 5.17 Å². The molecule has 2 fully saturated rings. The standard InChI is InChI=1S/C13H24N2S/c1-3-11(4-2)14-12-15-13(10-16-12)8-6-5-7-9-13/h11H,3-10H2,1-2H3,(H,14,15). The predicted molar refractivity (Wildman–Crippen MR) is 73.2 cm³/mol. The van der Waals surface area contributed by atoms with Gasteiger partial charge < -0.3 is 5.32 Å². The summed E-state index contributed by atoms with van der Waals surface area (Å²) in [5.41, 5.74) is 0.410. The highest BCUT2D eigenvalue weighted by Gasteiger charge is 2.38. The first-order valence-corrected chi connectivity index (χ1v) is 7.75. The normalized spacial score (nSPS) is 26.6. The van der Waals surface area contributed by atoms with Crippen molar-refractivity contribution < 1.29 is 0 Å². The summed E-state index contributed by atoms with van der Waals surface area (Å²) in [6.07, 6.45) is 9.24. The van der Waals surface area contributed by atoms with Gasteiger partial charge in [0, 0.05) is 11.3 Å². The van der Waals surface area contributed by atoms with Crippen LogP contribution in [0.25, 0.3) is 0 Å². The van der Waals surface area contributed by atoms with Crippen molar-refractivity contribution in [2.45, 2.75) is 70.4 Å². The molecule has 0 aromatic rings. The van der Waals surface area contributed by atoms with Crippen LogP contribution in [0.3, 0.4) is 0 Å². The first-order valence-electron chi connectivity index (χ1n) is 6.77. The van der Waals surface area contributed by atoms with E-state index in [0.29, 0.717) is 11.6 Å². The summed E-state index contributed by atoms with van der Waals surface area (Å²) in [5.74, 6) is 1.24. The summed E-state index contributed by atoms with van der Waals surface area (Å²) >= 11 is 1.95. The van der Waals surface area contributed by atoms with E-state index in [1.165, 1.54) is 43.0 Å². The largest absolute Gasteiger partial charge is 0.359 e. The fourth-order valence-electron chi connectivity index (χ4n) is 2.71. The van der Waals surface area contributed by atoms with E-state index in [4.69, 9.17) is 4.99 Å². The van der Waals surface area contributed by atoms with Crippen molar-refractivity contribution >= 4 is 16.9 Å². The average molecular weight is 240 g/mol. The van der Waals surface area contributed by atoms with Gasteiger partial charge in [-0.15, -0.1) is 0 Å². The molecule has 1 aliphatic heterocycles. The van der Waals surface area contributed by atoms with Crippen LogP contribution in [0, 0.1) is 0 Å². The maximum atomic E-state index is 4.83. The predicted octanol–water partition coefficient (Wildman–Crippen LogP) is 3.57. The molecule has 0 unspecified atom stereocenters. The van der Waals surface area contributed by atoms with Gasteiger partial charge in [0.1, 0.15) is 0 Å². The molecule has 2 rings (SSSR count). The second-order valence-corrected chi connectivity index (χ2v) is 6.12. The van der Waals surface area contributed by atoms with Crippen molar-refractivity contribution in [3.63, 3.8) is 0 Å². The molecule has 0 amide bonds. The summed E-state index contributed by atoms with van der Waals surface area (Å²) in [5, 5.41) is 4.94. The Balaban J connectivity index is 1.96. The Kier molecular flexibility index (Phi) is 4.17. The van der Waals surface area contributed by atoms with Crippen molar-refractivity contribution in [2.75, 3.05) is 5.75 Å². The van der Waals surface area contributed by atoms with Gasteiger partial charge >= 0.3 is 0 Å². The monoisotopic (exact) mass is 240 g/mol. The van der Waals surface area contributed by atoms with Crippen molar-refractivity contribution in [2.24, 2.45) is 4.99 Å². The number of rotatable bonds is 3. The molecular weight excluding hydrogens is 216 g/mol. The number of hydrogen-bond donors (Lipinski definition) is 1. The van der Waals surface area contributed by atoms with E-state index < -0.39 is 0 Å². The van der Waals surface area contributed by atoms with E-state index in [2.05, 4.69) is 19.2 Å². The molecule has 2 aliphatic rings. The smallest absolute Gasteiger partial charge is 0.157 e. The lowest BCUT2D eigenvalue weighted by Crippen LogP contribution is -2.45. The van der Waals surface area contributed by atoms with Crippen LogP contribution in [0.4, 0.5) is 0 Å². The maximum Gasteiger partial charge on any atom is 0.157 e. The van der Waals surface area contributed by atoms with Gasteiger partial charge in [0.05, 0.1) is 6.04 Å². The van der Waals surface area contributed by atoms with E-state index >= 15 is 0 Å². The molecule has 0 aromatic heterocycles. The summed E-state index contributed by atoms with van der Waals surface area (Å²) < 4.78 is 0. The van der Waals surface area contributed by atoms with Crippen molar-refractivity contribution in [1.82, 2.24) is 5.32 Å². The molecule has 1 aliphatic carbocycles. The Morgan fingerprint density at radius 1 is 1.25 bits per heavy atom. The van der Waals surface area contributed by atoms with Gasteiger partial charge in [-0.25, -0.2) is 0 Å². The third kappa shape index (κ3) is 2.73. The number of hydrogen-bond acceptors (Lipinski definition) is 2. The van der Waals surface area contributed by atoms with Crippen LogP contribution in [0.5, 0.6) is 0 Å². The van der Waals surface area contributed by atoms with E-state index in [0.717, 1.165) is 12.8 Å². The van der Waals surface area contributed by atoms with Crippen LogP contribution < -0.4 is 5.32 Å². The summed E-state index contributed by atoms with van der Waals surface area (Å²) in [4.78, 5) is 4.83. The van der Waals surface area contributed by atoms with Crippen molar-refractivity contribution in [1.29, 1.82) is 0 Å². The molecule has 92 valence electrons. The Morgan fingerprint density at radius 3 is 2.56 bits per heavy atom. The first-order chi connectivity index (χ1) is 7.78. The fourth-order valence-corrected chi connectivity index (χ4v) is 4.00. The van der Waals surface area contributed by atoms with Crippen LogP contribution >= 0.6 is 11.8 Å². The fraction of sp³-hybridized carbons (Fsp3) is 0.923. The molecule has 1 heterocycles. The number of amidine groups is 1. The lowest BCUT2D eigenvalue weighted by molar-refractivity contribution is 0.303. The summed E-state index contributed by atoms with van der Waals surface area (Å²) in [6, 6.07) is 0.522. The maximum absolute atomic E-state index is 4.83. The zero-order valence-corrected chi connectivity index (χ0v) is 11.4. The lowest BCUT2D eigenvalue weighted by atomic mass is 9.83. The van der Waals surface area contributed by atoms with Gasteiger partial charge in [-0.2, -0.15) is 0 Å². The Bertz CT molecular complexity index is 253. The minimum Gasteiger partial charge on any atom is -0.359 e. The zero-order chi connectivity index (χ0) is 11.4. The SMILES string of the molecule is CCC(CC)N=C1NC2(CCCCC2)CS1. The van der Waals surface area contributed by atoms with Gasteiger partial charge in [-0.1, -0.05) is 44.9 Å². The highest BCUT2D eigenvalue weighted by atomic mass is 32.2. The molecule has 1 spiro atoms. The zero-order valence-electron chi connectivity index (χ0n) is 10.6. The van der Waals surface area contributed by atoms with Gasteiger partial charge in [-0.3, -0.25) is 4.99 Å². The molecule has 16 heavy (non-hydrogen) atoms. The number of nitrogens with zero attached hydrogens (tertiary/aromatic N) is 1. The Labute approximate surface area is 104 Å². The molecule has 3 heteroatoms. The third-order valence-corrected chi connectivity index (χ3v) is 5.09. The first kappa shape index (κ1) is 12.3. The van der Waals surface area contributed by atoms with Crippen LogP contribution in [-0.4, -0.2) is 22.5 Å². The molecule has 2 nitrogen and oxygen atoms in total. The van der Waals surface area contributed by atoms with E-state index in [-0.39, 0.29) is 0 Å². The van der Waals surface area contributed by atoms with Crippen LogP contribution in [0.15, 0.2) is 4.99 Å². The summed E-state index contributed by atoms with van der Waals surface area (Å²) in [7, 11) is 0. The van der Waals surface area contributed by atoms with Crippen LogP contribution in [0.2, 0.25) is 0 Å². The molecule has 0 radical (unpaired) electrons. The minimum absolute atomic E-state index is 0.410. The third-order valence-electron chi connectivity index (χ3n) is 3.91. The average Bonchev–Trinajstić information content (AvgIpc) is 2.70. The summed E-state index contributed by atoms with van der Waals surface area (Å²) in [6.45, 7) is 4.46. The molecule has 1 N–H and O–H groups in total. The number of thioether (sulfide) groups is 1. The van der Waals surface area contributed by atoms with Crippen LogP contribution in [0.1, 0.15) is 58.8 Å². The molecular formula is C13H24N2S. The molecule has 0 atom stereocenters. The van der Waals surface area contributed by atoms with Crippen molar-refractivity contribution in [3.8, 4) is 0 Å².